The van der Waals surface area contributed by atoms with Crippen LogP contribution in [0.1, 0.15) is 25.3 Å². The summed E-state index contributed by atoms with van der Waals surface area (Å²) in [5, 5.41) is 2.64. The van der Waals surface area contributed by atoms with Crippen LogP contribution in [0.15, 0.2) is 59.5 Å². The number of aryl methyl sites for hydroxylation is 1. The zero-order valence-electron chi connectivity index (χ0n) is 16.4. The number of ether oxygens (including phenoxy) is 1. The van der Waals surface area contributed by atoms with Gasteiger partial charge in [-0.25, -0.2) is 0 Å². The number of methoxy groups -OCH3 is 1. The smallest absolute Gasteiger partial charge is 0.294 e. The molecule has 7 nitrogen and oxygen atoms in total. The highest BCUT2D eigenvalue weighted by atomic mass is 32.2. The van der Waals surface area contributed by atoms with Crippen LogP contribution >= 0.6 is 0 Å². The molecule has 29 heavy (non-hydrogen) atoms. The molecule has 0 heterocycles. The molecule has 0 radical (unpaired) electrons. The summed E-state index contributed by atoms with van der Waals surface area (Å²) in [6.07, 6.45) is 0.867. The van der Waals surface area contributed by atoms with Gasteiger partial charge in [0.15, 0.2) is 0 Å². The Labute approximate surface area is 170 Å². The van der Waals surface area contributed by atoms with Gasteiger partial charge in [-0.15, -0.1) is 0 Å². The first-order chi connectivity index (χ1) is 13.7. The Morgan fingerprint density at radius 1 is 1.07 bits per heavy atom. The van der Waals surface area contributed by atoms with Gasteiger partial charge in [-0.3, -0.25) is 14.1 Å². The minimum atomic E-state index is -4.30. The molecule has 0 saturated heterocycles. The highest BCUT2D eigenvalue weighted by Gasteiger charge is 2.28. The molecular weight excluding hydrogens is 394 g/mol. The molecule has 2 aromatic carbocycles. The fraction of sp³-hybridized carbons (Fsp3) is 0.333. The Morgan fingerprint density at radius 2 is 1.69 bits per heavy atom. The van der Waals surface area contributed by atoms with E-state index in [1.165, 1.54) is 38.3 Å². The highest BCUT2D eigenvalue weighted by molar-refractivity contribution is 7.85. The van der Waals surface area contributed by atoms with Crippen LogP contribution in [0.3, 0.4) is 0 Å². The normalized spacial score (nSPS) is 13.5. The number of carbonyl (C=O) groups excluding carboxylic acids is 2. The maximum atomic E-state index is 12.4. The minimum Gasteiger partial charge on any atom is -0.381 e. The first-order valence-corrected chi connectivity index (χ1v) is 10.6. The lowest BCUT2D eigenvalue weighted by atomic mass is 9.90. The van der Waals surface area contributed by atoms with E-state index in [4.69, 9.17) is 9.29 Å². The largest absolute Gasteiger partial charge is 0.381 e. The number of amides is 1. The lowest BCUT2D eigenvalue weighted by Crippen LogP contribution is -2.32. The van der Waals surface area contributed by atoms with Crippen molar-refractivity contribution in [3.8, 4) is 0 Å². The first kappa shape index (κ1) is 22.7. The molecule has 0 fully saturated rings. The Balaban J connectivity index is 2.00. The van der Waals surface area contributed by atoms with E-state index >= 15 is 0 Å². The molecule has 2 N–H and O–H groups in total. The predicted octanol–water partition coefficient (Wildman–Crippen LogP) is 3.11. The van der Waals surface area contributed by atoms with Crippen molar-refractivity contribution in [2.75, 3.05) is 12.4 Å². The molecule has 0 bridgehead atoms. The summed E-state index contributed by atoms with van der Waals surface area (Å²) in [4.78, 5) is 24.3. The van der Waals surface area contributed by atoms with Crippen molar-refractivity contribution in [1.82, 2.24) is 0 Å². The Morgan fingerprint density at radius 3 is 2.21 bits per heavy atom. The highest BCUT2D eigenvalue weighted by Crippen LogP contribution is 2.21. The fourth-order valence-corrected chi connectivity index (χ4v) is 3.58. The van der Waals surface area contributed by atoms with Gasteiger partial charge in [-0.05, 0) is 49.6 Å². The van der Waals surface area contributed by atoms with Crippen molar-refractivity contribution >= 4 is 27.5 Å². The van der Waals surface area contributed by atoms with Crippen LogP contribution < -0.4 is 5.32 Å². The van der Waals surface area contributed by atoms with E-state index in [2.05, 4.69) is 5.32 Å². The van der Waals surface area contributed by atoms with E-state index in [1.54, 1.807) is 0 Å². The summed E-state index contributed by atoms with van der Waals surface area (Å²) in [6.45, 7) is 1.44. The number of rotatable bonds is 10. The zero-order chi connectivity index (χ0) is 21.4. The summed E-state index contributed by atoms with van der Waals surface area (Å²) in [7, 11) is -2.77. The molecule has 2 atom stereocenters. The summed E-state index contributed by atoms with van der Waals surface area (Å²) in [6, 6.07) is 14.9. The van der Waals surface area contributed by atoms with E-state index in [1.807, 2.05) is 30.3 Å². The van der Waals surface area contributed by atoms with Crippen LogP contribution in [-0.4, -0.2) is 37.9 Å². The van der Waals surface area contributed by atoms with Crippen LogP contribution in [0.2, 0.25) is 0 Å². The molecular formula is C21H25NO6S. The van der Waals surface area contributed by atoms with Crippen molar-refractivity contribution in [3.05, 3.63) is 60.2 Å². The SMILES string of the molecule is COC(CCc1ccccc1)C(CC(=O)Nc1ccc(S(=O)(=O)O)cc1)C(C)=O. The van der Waals surface area contributed by atoms with Crippen LogP contribution in [0.4, 0.5) is 5.69 Å². The minimum absolute atomic E-state index is 0.0529. The van der Waals surface area contributed by atoms with Gasteiger partial charge in [0.05, 0.1) is 16.9 Å². The number of ketones is 1. The average Bonchev–Trinajstić information content (AvgIpc) is 2.68. The predicted molar refractivity (Wildman–Crippen MR) is 109 cm³/mol. The third-order valence-electron chi connectivity index (χ3n) is 4.68. The maximum absolute atomic E-state index is 12.4. The number of benzene rings is 2. The molecule has 0 spiro atoms. The molecule has 2 unspecified atom stereocenters. The molecule has 0 aliphatic rings. The fourth-order valence-electron chi connectivity index (χ4n) is 3.10. The lowest BCUT2D eigenvalue weighted by molar-refractivity contribution is -0.130. The molecule has 0 saturated carbocycles. The molecule has 156 valence electrons. The number of Topliss-reactive ketones (excluding diaryl/α,β-unsaturated/α-hetero) is 1. The van der Waals surface area contributed by atoms with Gasteiger partial charge >= 0.3 is 0 Å². The molecule has 0 aromatic heterocycles. The summed E-state index contributed by atoms with van der Waals surface area (Å²) >= 11 is 0. The van der Waals surface area contributed by atoms with Crippen molar-refractivity contribution in [2.24, 2.45) is 5.92 Å². The molecule has 2 rings (SSSR count). The number of anilines is 1. The van der Waals surface area contributed by atoms with E-state index in [0.29, 0.717) is 12.1 Å². The Hall–Kier alpha value is -2.55. The van der Waals surface area contributed by atoms with Crippen LogP contribution in [0, 0.1) is 5.92 Å². The number of nitrogens with one attached hydrogen (secondary N) is 1. The average molecular weight is 419 g/mol. The van der Waals surface area contributed by atoms with Gasteiger partial charge in [0.25, 0.3) is 10.1 Å². The maximum Gasteiger partial charge on any atom is 0.294 e. The van der Waals surface area contributed by atoms with Gasteiger partial charge in [0, 0.05) is 19.2 Å². The van der Waals surface area contributed by atoms with Gasteiger partial charge in [0.1, 0.15) is 5.78 Å². The second kappa shape index (κ2) is 10.3. The van der Waals surface area contributed by atoms with Gasteiger partial charge in [0.2, 0.25) is 5.91 Å². The molecule has 1 amide bonds. The van der Waals surface area contributed by atoms with Gasteiger partial charge < -0.3 is 10.1 Å². The van der Waals surface area contributed by atoms with Crippen molar-refractivity contribution in [3.63, 3.8) is 0 Å². The van der Waals surface area contributed by atoms with Crippen LogP contribution in [0.25, 0.3) is 0 Å². The second-order valence-corrected chi connectivity index (χ2v) is 8.19. The molecule has 0 aliphatic carbocycles. The first-order valence-electron chi connectivity index (χ1n) is 9.15. The van der Waals surface area contributed by atoms with E-state index < -0.39 is 22.1 Å². The van der Waals surface area contributed by atoms with Crippen molar-refractivity contribution in [1.29, 1.82) is 0 Å². The van der Waals surface area contributed by atoms with Gasteiger partial charge in [-0.1, -0.05) is 30.3 Å². The summed E-state index contributed by atoms with van der Waals surface area (Å²) in [5.74, 6) is -1.12. The van der Waals surface area contributed by atoms with Crippen LogP contribution in [0.5, 0.6) is 0 Å². The number of carbonyl (C=O) groups is 2. The zero-order valence-corrected chi connectivity index (χ0v) is 17.2. The van der Waals surface area contributed by atoms with Crippen LogP contribution in [-0.2, 0) is 30.9 Å². The summed E-state index contributed by atoms with van der Waals surface area (Å²) < 4.78 is 36.7. The second-order valence-electron chi connectivity index (χ2n) is 6.77. The quantitative estimate of drug-likeness (QED) is 0.573. The monoisotopic (exact) mass is 419 g/mol. The molecule has 2 aromatic rings. The van der Waals surface area contributed by atoms with E-state index in [0.717, 1.165) is 12.0 Å². The lowest BCUT2D eigenvalue weighted by Gasteiger charge is -2.24. The van der Waals surface area contributed by atoms with Gasteiger partial charge in [-0.2, -0.15) is 8.42 Å². The topological polar surface area (TPSA) is 110 Å². The van der Waals surface area contributed by atoms with E-state index in [-0.39, 0.29) is 23.0 Å². The van der Waals surface area contributed by atoms with Crippen molar-refractivity contribution in [2.45, 2.75) is 37.2 Å². The number of hydrogen-bond donors (Lipinski definition) is 2. The molecule has 8 heteroatoms. The Bertz CT molecular complexity index is 925. The Kier molecular flexibility index (Phi) is 8.07. The summed E-state index contributed by atoms with van der Waals surface area (Å²) in [5.41, 5.74) is 1.49. The molecule has 0 aliphatic heterocycles. The van der Waals surface area contributed by atoms with E-state index in [9.17, 15) is 18.0 Å². The standard InChI is InChI=1S/C21H25NO6S/c1-15(23)19(20(28-2)13-8-16-6-4-3-5-7-16)14-21(24)22-17-9-11-18(12-10-17)29(25,26)27/h3-7,9-12,19-20H,8,13-14H2,1-2H3,(H,22,24)(H,25,26,27). The van der Waals surface area contributed by atoms with Crippen molar-refractivity contribution < 1.29 is 27.3 Å². The third kappa shape index (κ3) is 7.08. The third-order valence-corrected chi connectivity index (χ3v) is 5.54. The number of hydrogen-bond acceptors (Lipinski definition) is 5.